The predicted molar refractivity (Wildman–Crippen MR) is 95.1 cm³/mol. The molecule has 0 radical (unpaired) electrons. The van der Waals surface area contributed by atoms with Gasteiger partial charge in [0, 0.05) is 18.1 Å². The number of anilines is 1. The van der Waals surface area contributed by atoms with Crippen LogP contribution < -0.4 is 5.32 Å². The van der Waals surface area contributed by atoms with E-state index in [9.17, 15) is 9.59 Å². The minimum atomic E-state index is -0.208. The Balaban J connectivity index is 1.94. The molecule has 0 unspecified atom stereocenters. The van der Waals surface area contributed by atoms with Crippen molar-refractivity contribution in [2.24, 2.45) is 0 Å². The lowest BCUT2D eigenvalue weighted by Crippen LogP contribution is -2.38. The van der Waals surface area contributed by atoms with E-state index in [1.165, 1.54) is 22.7 Å². The predicted octanol–water partition coefficient (Wildman–Crippen LogP) is 3.87. The molecule has 0 bridgehead atoms. The van der Waals surface area contributed by atoms with E-state index >= 15 is 0 Å². The maximum absolute atomic E-state index is 12.6. The lowest BCUT2D eigenvalue weighted by molar-refractivity contribution is -0.116. The maximum Gasteiger partial charge on any atom is 0.264 e. The molecule has 1 N–H and O–H groups in total. The quantitative estimate of drug-likeness (QED) is 0.698. The average Bonchev–Trinajstić information content (AvgIpc) is 3.22. The molecule has 0 fully saturated rings. The molecule has 2 aromatic rings. The van der Waals surface area contributed by atoms with Gasteiger partial charge in [0.25, 0.3) is 5.91 Å². The van der Waals surface area contributed by atoms with Gasteiger partial charge in [0.05, 0.1) is 4.88 Å². The van der Waals surface area contributed by atoms with E-state index < -0.39 is 0 Å². The Morgan fingerprint density at radius 3 is 2.74 bits per heavy atom. The van der Waals surface area contributed by atoms with Crippen LogP contribution in [0.1, 0.15) is 42.3 Å². The molecule has 0 aliphatic rings. The molecule has 0 spiro atoms. The van der Waals surface area contributed by atoms with Gasteiger partial charge in [-0.1, -0.05) is 32.3 Å². The Hall–Kier alpha value is -1.73. The second-order valence-corrected chi connectivity index (χ2v) is 6.99. The van der Waals surface area contributed by atoms with Crippen molar-refractivity contribution in [2.75, 3.05) is 18.4 Å². The maximum atomic E-state index is 12.6. The van der Waals surface area contributed by atoms with Crippen LogP contribution >= 0.6 is 22.7 Å². The van der Waals surface area contributed by atoms with Crippen molar-refractivity contribution in [3.05, 3.63) is 34.0 Å². The number of rotatable bonds is 9. The molecule has 2 aromatic heterocycles. The van der Waals surface area contributed by atoms with Gasteiger partial charge in [-0.05, 0) is 17.9 Å². The second kappa shape index (κ2) is 9.42. The fourth-order valence-corrected chi connectivity index (χ4v) is 3.39. The Morgan fingerprint density at radius 1 is 1.22 bits per heavy atom. The third kappa shape index (κ3) is 5.76. The molecule has 0 aromatic carbocycles. The lowest BCUT2D eigenvalue weighted by atomic mass is 10.2. The number of carbonyl (C=O) groups is 2. The number of carbonyl (C=O) groups excluding carboxylic acids is 2. The molecule has 5 nitrogen and oxygen atoms in total. The SMILES string of the molecule is CCCCCCN(CC(=O)Nc1nccs1)C(=O)c1cccs1. The smallest absolute Gasteiger partial charge is 0.264 e. The van der Waals surface area contributed by atoms with Crippen molar-refractivity contribution in [3.63, 3.8) is 0 Å². The zero-order chi connectivity index (χ0) is 16.5. The summed E-state index contributed by atoms with van der Waals surface area (Å²) >= 11 is 2.77. The Kier molecular flexibility index (Phi) is 7.22. The summed E-state index contributed by atoms with van der Waals surface area (Å²) in [5, 5.41) is 6.97. The minimum Gasteiger partial charge on any atom is -0.329 e. The van der Waals surface area contributed by atoms with E-state index in [0.29, 0.717) is 16.6 Å². The first kappa shape index (κ1) is 17.6. The highest BCUT2D eigenvalue weighted by atomic mass is 32.1. The number of nitrogens with zero attached hydrogens (tertiary/aromatic N) is 2. The number of thiazole rings is 1. The summed E-state index contributed by atoms with van der Waals surface area (Å²) in [5.74, 6) is -0.286. The molecule has 23 heavy (non-hydrogen) atoms. The van der Waals surface area contributed by atoms with Gasteiger partial charge in [-0.15, -0.1) is 22.7 Å². The van der Waals surface area contributed by atoms with Crippen LogP contribution in [0, 0.1) is 0 Å². The van der Waals surface area contributed by atoms with Crippen molar-refractivity contribution >= 4 is 39.6 Å². The molecule has 7 heteroatoms. The number of aromatic nitrogens is 1. The topological polar surface area (TPSA) is 62.3 Å². The fraction of sp³-hybridized carbons (Fsp3) is 0.438. The summed E-state index contributed by atoms with van der Waals surface area (Å²) in [5.41, 5.74) is 0. The molecule has 2 heterocycles. The van der Waals surface area contributed by atoms with Crippen LogP contribution in [0.2, 0.25) is 0 Å². The van der Waals surface area contributed by atoms with E-state index in [1.54, 1.807) is 22.5 Å². The van der Waals surface area contributed by atoms with Gasteiger partial charge in [-0.3, -0.25) is 9.59 Å². The largest absolute Gasteiger partial charge is 0.329 e. The first-order valence-corrected chi connectivity index (χ1v) is 9.48. The minimum absolute atomic E-state index is 0.0580. The molecule has 0 aliphatic carbocycles. The standard InChI is InChI=1S/C16H21N3O2S2/c1-2-3-4-5-9-19(15(21)13-7-6-10-22-13)12-14(20)18-16-17-8-11-23-16/h6-8,10-11H,2-5,9,12H2,1H3,(H,17,18,20). The lowest BCUT2D eigenvalue weighted by Gasteiger charge is -2.21. The van der Waals surface area contributed by atoms with Crippen LogP contribution in [-0.2, 0) is 4.79 Å². The van der Waals surface area contributed by atoms with E-state index in [2.05, 4.69) is 17.2 Å². The third-order valence-electron chi connectivity index (χ3n) is 3.31. The molecular formula is C16H21N3O2S2. The van der Waals surface area contributed by atoms with Crippen LogP contribution in [0.5, 0.6) is 0 Å². The summed E-state index contributed by atoms with van der Waals surface area (Å²) in [6, 6.07) is 3.65. The van der Waals surface area contributed by atoms with Gasteiger partial charge in [0.15, 0.2) is 5.13 Å². The summed E-state index contributed by atoms with van der Waals surface area (Å²) in [6.07, 6.45) is 5.91. The highest BCUT2D eigenvalue weighted by Gasteiger charge is 2.19. The Labute approximate surface area is 144 Å². The van der Waals surface area contributed by atoms with E-state index in [0.717, 1.165) is 25.7 Å². The number of hydrogen-bond donors (Lipinski definition) is 1. The monoisotopic (exact) mass is 351 g/mol. The van der Waals surface area contributed by atoms with Crippen LogP contribution in [-0.4, -0.2) is 34.8 Å². The molecule has 2 rings (SSSR count). The number of hydrogen-bond acceptors (Lipinski definition) is 5. The van der Waals surface area contributed by atoms with Gasteiger partial charge < -0.3 is 10.2 Å². The highest BCUT2D eigenvalue weighted by molar-refractivity contribution is 7.13. The molecule has 124 valence electrons. The first-order valence-electron chi connectivity index (χ1n) is 7.73. The van der Waals surface area contributed by atoms with Crippen molar-refractivity contribution in [3.8, 4) is 0 Å². The molecule has 0 saturated heterocycles. The fourth-order valence-electron chi connectivity index (χ4n) is 2.16. The van der Waals surface area contributed by atoms with Crippen LogP contribution in [0.4, 0.5) is 5.13 Å². The number of nitrogens with one attached hydrogen (secondary N) is 1. The molecule has 2 amide bonds. The number of thiophene rings is 1. The normalized spacial score (nSPS) is 10.5. The first-order chi connectivity index (χ1) is 11.2. The summed E-state index contributed by atoms with van der Waals surface area (Å²) < 4.78 is 0. The van der Waals surface area contributed by atoms with Crippen molar-refractivity contribution in [1.29, 1.82) is 0 Å². The van der Waals surface area contributed by atoms with E-state index in [1.807, 2.05) is 11.4 Å². The Bertz CT molecular complexity index is 597. The van der Waals surface area contributed by atoms with Crippen molar-refractivity contribution in [1.82, 2.24) is 9.88 Å². The number of unbranched alkanes of at least 4 members (excludes halogenated alkanes) is 3. The van der Waals surface area contributed by atoms with Crippen molar-refractivity contribution < 1.29 is 9.59 Å². The van der Waals surface area contributed by atoms with Crippen LogP contribution in [0.15, 0.2) is 29.1 Å². The second-order valence-electron chi connectivity index (χ2n) is 5.15. The van der Waals surface area contributed by atoms with Gasteiger partial charge >= 0.3 is 0 Å². The van der Waals surface area contributed by atoms with Gasteiger partial charge in [-0.25, -0.2) is 4.98 Å². The highest BCUT2D eigenvalue weighted by Crippen LogP contribution is 2.14. The van der Waals surface area contributed by atoms with Gasteiger partial charge in [0.2, 0.25) is 5.91 Å². The van der Waals surface area contributed by atoms with E-state index in [-0.39, 0.29) is 18.4 Å². The number of amides is 2. The summed E-state index contributed by atoms with van der Waals surface area (Å²) in [7, 11) is 0. The van der Waals surface area contributed by atoms with Gasteiger partial charge in [-0.2, -0.15) is 0 Å². The van der Waals surface area contributed by atoms with Crippen molar-refractivity contribution in [2.45, 2.75) is 32.6 Å². The summed E-state index contributed by atoms with van der Waals surface area (Å²) in [6.45, 7) is 2.81. The zero-order valence-electron chi connectivity index (χ0n) is 13.2. The van der Waals surface area contributed by atoms with Crippen LogP contribution in [0.3, 0.4) is 0 Å². The Morgan fingerprint density at radius 2 is 2.09 bits per heavy atom. The van der Waals surface area contributed by atoms with E-state index in [4.69, 9.17) is 0 Å². The average molecular weight is 351 g/mol. The van der Waals surface area contributed by atoms with Crippen LogP contribution in [0.25, 0.3) is 0 Å². The van der Waals surface area contributed by atoms with Gasteiger partial charge in [0.1, 0.15) is 6.54 Å². The molecular weight excluding hydrogens is 330 g/mol. The zero-order valence-corrected chi connectivity index (χ0v) is 14.8. The molecule has 0 aliphatic heterocycles. The summed E-state index contributed by atoms with van der Waals surface area (Å²) in [4.78, 5) is 31.0. The molecule has 0 atom stereocenters. The molecule has 0 saturated carbocycles. The third-order valence-corrected chi connectivity index (χ3v) is 4.86.